The van der Waals surface area contributed by atoms with Crippen molar-refractivity contribution in [3.8, 4) is 0 Å². The van der Waals surface area contributed by atoms with E-state index in [4.69, 9.17) is 17.3 Å². The molecule has 0 bridgehead atoms. The Bertz CT molecular complexity index is 1100. The maximum Gasteiger partial charge on any atom is 0.214 e. The molecule has 2 heterocycles. The molecule has 0 saturated carbocycles. The first kappa shape index (κ1) is 18.6. The molecule has 0 saturated heterocycles. The highest BCUT2D eigenvalue weighted by Crippen LogP contribution is 2.32. The summed E-state index contributed by atoms with van der Waals surface area (Å²) in [6.45, 7) is 2.14. The van der Waals surface area contributed by atoms with E-state index in [2.05, 4.69) is 15.4 Å². The normalized spacial score (nSPS) is 11.9. The van der Waals surface area contributed by atoms with Gasteiger partial charge >= 0.3 is 0 Å². The Morgan fingerprint density at radius 3 is 2.69 bits per heavy atom. The smallest absolute Gasteiger partial charge is 0.214 e. The fourth-order valence-electron chi connectivity index (χ4n) is 2.69. The second kappa shape index (κ2) is 6.82. The summed E-state index contributed by atoms with van der Waals surface area (Å²) in [6, 6.07) is 5.05. The van der Waals surface area contributed by atoms with Gasteiger partial charge in [0.2, 0.25) is 9.84 Å². The molecule has 0 aliphatic heterocycles. The van der Waals surface area contributed by atoms with Crippen LogP contribution < -0.4 is 11.1 Å². The third kappa shape index (κ3) is 3.02. The number of hydrogen-bond donors (Lipinski definition) is 2. The van der Waals surface area contributed by atoms with Crippen LogP contribution in [0.25, 0.3) is 5.65 Å². The van der Waals surface area contributed by atoms with Gasteiger partial charge < -0.3 is 11.1 Å². The largest absolute Gasteiger partial charge is 0.370 e. The fraction of sp³-hybridized carbons (Fsp3) is 0.250. The number of nitrogens with one attached hydrogen (secondary N) is 1. The Labute approximate surface area is 154 Å². The van der Waals surface area contributed by atoms with Gasteiger partial charge in [0.15, 0.2) is 16.4 Å². The van der Waals surface area contributed by atoms with E-state index in [0.29, 0.717) is 18.7 Å². The molecule has 0 aliphatic carbocycles. The molecule has 10 heteroatoms. The first-order valence-corrected chi connectivity index (χ1v) is 9.63. The summed E-state index contributed by atoms with van der Waals surface area (Å²) in [6.07, 6.45) is 0.507. The predicted octanol–water partition coefficient (Wildman–Crippen LogP) is 2.21. The van der Waals surface area contributed by atoms with Crippen LogP contribution in [0.15, 0.2) is 34.1 Å². The van der Waals surface area contributed by atoms with Crippen molar-refractivity contribution in [2.24, 2.45) is 5.73 Å². The molecule has 1 aromatic carbocycles. The summed E-state index contributed by atoms with van der Waals surface area (Å²) < 4.78 is 41.3. The molecule has 0 atom stereocenters. The van der Waals surface area contributed by atoms with Gasteiger partial charge in [-0.25, -0.2) is 22.3 Å². The van der Waals surface area contributed by atoms with Gasteiger partial charge in [0.1, 0.15) is 5.82 Å². The van der Waals surface area contributed by atoms with Crippen LogP contribution in [0, 0.1) is 12.7 Å². The number of aryl methyl sites for hydroxylation is 1. The Kier molecular flexibility index (Phi) is 4.87. The third-order valence-electron chi connectivity index (χ3n) is 3.86. The molecule has 3 N–H and O–H groups in total. The lowest BCUT2D eigenvalue weighted by Crippen LogP contribution is -2.10. The molecule has 0 fully saturated rings. The van der Waals surface area contributed by atoms with E-state index in [1.54, 1.807) is 20.0 Å². The minimum atomic E-state index is -4.04. The SMILES string of the molecule is CNc1nn2c(CCN)cc(C)nc2c1S(=O)(=O)c1ccc(F)c(Cl)c1. The third-order valence-corrected chi connectivity index (χ3v) is 5.93. The van der Waals surface area contributed by atoms with Gasteiger partial charge in [-0.05, 0) is 37.7 Å². The van der Waals surface area contributed by atoms with Crippen LogP contribution >= 0.6 is 11.6 Å². The highest BCUT2D eigenvalue weighted by Gasteiger charge is 2.29. The summed E-state index contributed by atoms with van der Waals surface area (Å²) >= 11 is 5.76. The molecule has 138 valence electrons. The number of aromatic nitrogens is 3. The lowest BCUT2D eigenvalue weighted by atomic mass is 10.2. The zero-order chi connectivity index (χ0) is 19.1. The summed E-state index contributed by atoms with van der Waals surface area (Å²) in [7, 11) is -2.48. The van der Waals surface area contributed by atoms with Gasteiger partial charge in [-0.2, -0.15) is 0 Å². The van der Waals surface area contributed by atoms with E-state index in [9.17, 15) is 12.8 Å². The minimum Gasteiger partial charge on any atom is -0.370 e. The number of anilines is 1. The summed E-state index contributed by atoms with van der Waals surface area (Å²) in [5.41, 5.74) is 7.20. The van der Waals surface area contributed by atoms with Gasteiger partial charge in [-0.3, -0.25) is 0 Å². The van der Waals surface area contributed by atoms with Crippen molar-refractivity contribution in [2.75, 3.05) is 18.9 Å². The fourth-order valence-corrected chi connectivity index (χ4v) is 4.46. The van der Waals surface area contributed by atoms with Crippen LogP contribution in [0.5, 0.6) is 0 Å². The van der Waals surface area contributed by atoms with Crippen LogP contribution in [0.3, 0.4) is 0 Å². The Morgan fingerprint density at radius 1 is 1.35 bits per heavy atom. The second-order valence-electron chi connectivity index (χ2n) is 5.67. The topological polar surface area (TPSA) is 102 Å². The number of rotatable bonds is 5. The van der Waals surface area contributed by atoms with Crippen molar-refractivity contribution < 1.29 is 12.8 Å². The standard InChI is InChI=1S/C16H17ClFN5O2S/c1-9-7-10(5-6-19)23-16(21-9)14(15(20-2)22-23)26(24,25)11-3-4-13(18)12(17)8-11/h3-4,7-8H,5-6,19H2,1-2H3,(H,20,22). The molecule has 0 spiro atoms. The molecule has 2 aromatic heterocycles. The monoisotopic (exact) mass is 397 g/mol. The maximum atomic E-state index is 13.4. The summed E-state index contributed by atoms with van der Waals surface area (Å²) in [5, 5.41) is 6.83. The zero-order valence-electron chi connectivity index (χ0n) is 14.1. The Balaban J connectivity index is 2.34. The van der Waals surface area contributed by atoms with Crippen LogP contribution in [0.1, 0.15) is 11.4 Å². The highest BCUT2D eigenvalue weighted by molar-refractivity contribution is 7.91. The maximum absolute atomic E-state index is 13.4. The molecule has 26 heavy (non-hydrogen) atoms. The molecular formula is C16H17ClFN5O2S. The number of nitrogens with zero attached hydrogens (tertiary/aromatic N) is 3. The summed E-state index contributed by atoms with van der Waals surface area (Å²) in [4.78, 5) is 4.12. The predicted molar refractivity (Wildman–Crippen MR) is 96.9 cm³/mol. The number of benzene rings is 1. The Morgan fingerprint density at radius 2 is 2.08 bits per heavy atom. The van der Waals surface area contributed by atoms with Gasteiger partial charge in [-0.15, -0.1) is 5.10 Å². The van der Waals surface area contributed by atoms with Crippen molar-refractivity contribution in [1.29, 1.82) is 0 Å². The van der Waals surface area contributed by atoms with E-state index in [1.807, 2.05) is 0 Å². The first-order chi connectivity index (χ1) is 12.3. The second-order valence-corrected chi connectivity index (χ2v) is 7.96. The van der Waals surface area contributed by atoms with E-state index in [0.717, 1.165) is 23.9 Å². The lowest BCUT2D eigenvalue weighted by molar-refractivity contribution is 0.595. The minimum absolute atomic E-state index is 0.0929. The lowest BCUT2D eigenvalue weighted by Gasteiger charge is -2.07. The number of sulfone groups is 1. The van der Waals surface area contributed by atoms with Gasteiger partial charge in [0.25, 0.3) is 0 Å². The van der Waals surface area contributed by atoms with Crippen LogP contribution in [-0.4, -0.2) is 36.6 Å². The van der Waals surface area contributed by atoms with Crippen LogP contribution in [0.4, 0.5) is 10.2 Å². The van der Waals surface area contributed by atoms with Crippen LogP contribution in [-0.2, 0) is 16.3 Å². The van der Waals surface area contributed by atoms with Crippen LogP contribution in [0.2, 0.25) is 5.02 Å². The Hall–Kier alpha value is -2.23. The molecule has 0 radical (unpaired) electrons. The quantitative estimate of drug-likeness (QED) is 0.640. The van der Waals surface area contributed by atoms with Gasteiger partial charge in [-0.1, -0.05) is 11.6 Å². The van der Waals surface area contributed by atoms with Crippen molar-refractivity contribution in [3.63, 3.8) is 0 Å². The molecule has 0 aliphatic rings. The molecule has 3 rings (SSSR count). The number of halogens is 2. The molecule has 0 amide bonds. The average molecular weight is 398 g/mol. The molecule has 7 nitrogen and oxygen atoms in total. The summed E-state index contributed by atoms with van der Waals surface area (Å²) in [5.74, 6) is -0.555. The first-order valence-electron chi connectivity index (χ1n) is 7.76. The zero-order valence-corrected chi connectivity index (χ0v) is 15.7. The molecular weight excluding hydrogens is 381 g/mol. The number of nitrogens with two attached hydrogens (primary N) is 1. The van der Waals surface area contributed by atoms with Crippen molar-refractivity contribution in [1.82, 2.24) is 14.6 Å². The van der Waals surface area contributed by atoms with E-state index < -0.39 is 15.7 Å². The number of hydrogen-bond acceptors (Lipinski definition) is 6. The molecule has 3 aromatic rings. The van der Waals surface area contributed by atoms with E-state index in [1.165, 1.54) is 4.52 Å². The highest BCUT2D eigenvalue weighted by atomic mass is 35.5. The average Bonchev–Trinajstić information content (AvgIpc) is 2.96. The van der Waals surface area contributed by atoms with Gasteiger partial charge in [0, 0.05) is 24.9 Å². The van der Waals surface area contributed by atoms with E-state index in [-0.39, 0.29) is 26.3 Å². The van der Waals surface area contributed by atoms with E-state index >= 15 is 0 Å². The van der Waals surface area contributed by atoms with Crippen molar-refractivity contribution in [3.05, 3.63) is 46.5 Å². The number of fused-ring (bicyclic) bond motifs is 1. The van der Waals surface area contributed by atoms with Gasteiger partial charge in [0.05, 0.1) is 9.92 Å². The van der Waals surface area contributed by atoms with Crippen molar-refractivity contribution >= 4 is 32.9 Å². The molecule has 0 unspecified atom stereocenters. The van der Waals surface area contributed by atoms with Crippen molar-refractivity contribution in [2.45, 2.75) is 23.1 Å².